The maximum Gasteiger partial charge on any atom is 0.0645 e. The minimum Gasteiger partial charge on any atom is -0.309 e. The maximum absolute atomic E-state index is 9.03. The van der Waals surface area contributed by atoms with Crippen LogP contribution in [0, 0.1) is 0 Å². The van der Waals surface area contributed by atoms with Gasteiger partial charge in [0.2, 0.25) is 0 Å². The van der Waals surface area contributed by atoms with E-state index in [0.717, 1.165) is 42.1 Å². The summed E-state index contributed by atoms with van der Waals surface area (Å²) in [6, 6.07) is 19.4. The van der Waals surface area contributed by atoms with Gasteiger partial charge >= 0.3 is 0 Å². The van der Waals surface area contributed by atoms with Crippen LogP contribution in [0.2, 0.25) is 0 Å². The number of benzene rings is 7. The smallest absolute Gasteiger partial charge is 0.0645 e. The molecule has 0 aliphatic rings. The Labute approximate surface area is 281 Å². The quantitative estimate of drug-likeness (QED) is 0.190. The zero-order valence-electron chi connectivity index (χ0n) is 36.3. The van der Waals surface area contributed by atoms with Gasteiger partial charge in [-0.2, -0.15) is 0 Å². The van der Waals surface area contributed by atoms with Gasteiger partial charge in [-0.05, 0) is 65.7 Å². The molecule has 210 valence electrons. The molecule has 0 fully saturated rings. The van der Waals surface area contributed by atoms with Crippen LogP contribution in [0.5, 0.6) is 0 Å². The molecule has 0 saturated heterocycles. The van der Waals surface area contributed by atoms with Gasteiger partial charge in [0.25, 0.3) is 0 Å². The topological polar surface area (TPSA) is 9.86 Å². The number of hydrogen-bond donors (Lipinski definition) is 0. The molecular formula is C42H26N2S. The predicted molar refractivity (Wildman–Crippen MR) is 193 cm³/mol. The van der Waals surface area contributed by atoms with E-state index < -0.39 is 54.4 Å². The molecule has 0 atom stereocenters. The zero-order chi connectivity index (χ0) is 40.8. The Balaban J connectivity index is 1.32. The van der Waals surface area contributed by atoms with Crippen molar-refractivity contribution in [2.45, 2.75) is 0 Å². The third kappa shape index (κ3) is 3.56. The normalized spacial score (nSPS) is 16.0. The first-order valence-corrected chi connectivity index (χ1v) is 15.1. The van der Waals surface area contributed by atoms with Crippen LogP contribution in [0.15, 0.2) is 157 Å². The van der Waals surface area contributed by atoms with Crippen molar-refractivity contribution in [3.05, 3.63) is 157 Å². The van der Waals surface area contributed by atoms with Gasteiger partial charge < -0.3 is 9.13 Å². The molecule has 0 amide bonds. The number of rotatable bonds is 3. The van der Waals surface area contributed by atoms with Crippen LogP contribution in [0.25, 0.3) is 86.3 Å². The number of nitrogens with zero attached hydrogens (tertiary/aromatic N) is 2. The van der Waals surface area contributed by atoms with Crippen LogP contribution in [-0.2, 0) is 0 Å². The van der Waals surface area contributed by atoms with E-state index in [2.05, 4.69) is 4.57 Å². The molecule has 0 bridgehead atoms. The van der Waals surface area contributed by atoms with Crippen LogP contribution in [0.4, 0.5) is 0 Å². The molecule has 0 N–H and O–H groups in total. The first kappa shape index (κ1) is 15.4. The summed E-state index contributed by atoms with van der Waals surface area (Å²) in [6.07, 6.45) is 0. The fourth-order valence-electron chi connectivity index (χ4n) is 6.58. The SMILES string of the molecule is [2H]c1c([2H])c([2H])c(-c2ccc3sc4cccc(-n5c6ccccc6c6ccc(-n7c8c([2H])c([2H])c([2H])c([2H])c8c8c([2H])c([2H])c([2H])c([2H])c87)cc65)c4c3c2)c([2H])c1[2H]. The van der Waals surface area contributed by atoms with Crippen molar-refractivity contribution in [3.63, 3.8) is 0 Å². The number of hydrogen-bond acceptors (Lipinski definition) is 1. The Kier molecular flexibility index (Phi) is 3.22. The lowest BCUT2D eigenvalue weighted by Gasteiger charge is -2.13. The van der Waals surface area contributed by atoms with E-state index in [1.165, 1.54) is 4.57 Å². The second-order valence-corrected chi connectivity index (χ2v) is 11.9. The van der Waals surface area contributed by atoms with Gasteiger partial charge in [0, 0.05) is 47.4 Å². The summed E-state index contributed by atoms with van der Waals surface area (Å²) >= 11 is 1.56. The zero-order valence-corrected chi connectivity index (χ0v) is 24.1. The van der Waals surface area contributed by atoms with Crippen LogP contribution in [0.3, 0.4) is 0 Å². The average molecular weight is 604 g/mol. The fourth-order valence-corrected chi connectivity index (χ4v) is 7.69. The molecule has 3 heteroatoms. The third-order valence-electron chi connectivity index (χ3n) is 8.45. The van der Waals surface area contributed by atoms with E-state index in [9.17, 15) is 0 Å². The van der Waals surface area contributed by atoms with Gasteiger partial charge in [0.15, 0.2) is 0 Å². The third-order valence-corrected chi connectivity index (χ3v) is 9.59. The summed E-state index contributed by atoms with van der Waals surface area (Å²) in [5.74, 6) is 0. The van der Waals surface area contributed by atoms with Crippen molar-refractivity contribution in [2.24, 2.45) is 0 Å². The van der Waals surface area contributed by atoms with Crippen LogP contribution < -0.4 is 0 Å². The first-order valence-electron chi connectivity index (χ1n) is 20.8. The molecule has 0 unspecified atom stereocenters. The highest BCUT2D eigenvalue weighted by Gasteiger charge is 2.19. The van der Waals surface area contributed by atoms with Gasteiger partial charge in [-0.25, -0.2) is 0 Å². The molecule has 3 aromatic heterocycles. The summed E-state index contributed by atoms with van der Waals surface area (Å²) in [5, 5.41) is 3.46. The Bertz CT molecular complexity index is 3400. The Morgan fingerprint density at radius 3 is 2.00 bits per heavy atom. The molecular weight excluding hydrogens is 565 g/mol. The van der Waals surface area contributed by atoms with Gasteiger partial charge in [0.05, 0.1) is 45.6 Å². The van der Waals surface area contributed by atoms with Crippen molar-refractivity contribution >= 4 is 75.1 Å². The van der Waals surface area contributed by atoms with E-state index in [-0.39, 0.29) is 51.5 Å². The molecule has 10 aromatic rings. The predicted octanol–water partition coefficient (Wildman–Crippen LogP) is 11.9. The number of thiophene rings is 1. The highest BCUT2D eigenvalue weighted by molar-refractivity contribution is 7.25. The van der Waals surface area contributed by atoms with Crippen LogP contribution >= 0.6 is 11.3 Å². The van der Waals surface area contributed by atoms with Gasteiger partial charge in [-0.1, -0.05) is 103 Å². The first-order chi connectivity index (χ1) is 27.7. The van der Waals surface area contributed by atoms with E-state index in [1.54, 1.807) is 23.5 Å². The lowest BCUT2D eigenvalue weighted by atomic mass is 10.0. The second kappa shape index (κ2) is 9.43. The summed E-state index contributed by atoms with van der Waals surface area (Å²) in [6.45, 7) is 0. The molecule has 7 aromatic carbocycles. The van der Waals surface area contributed by atoms with Crippen molar-refractivity contribution in [3.8, 4) is 22.5 Å². The molecule has 45 heavy (non-hydrogen) atoms. The molecule has 3 heterocycles. The van der Waals surface area contributed by atoms with Crippen molar-refractivity contribution in [1.29, 1.82) is 0 Å². The van der Waals surface area contributed by atoms with Gasteiger partial charge in [0.1, 0.15) is 0 Å². The molecule has 0 aliphatic heterocycles. The largest absolute Gasteiger partial charge is 0.309 e. The summed E-state index contributed by atoms with van der Waals surface area (Å²) in [4.78, 5) is 0. The number of aromatic nitrogens is 2. The van der Waals surface area contributed by atoms with Gasteiger partial charge in [-0.3, -0.25) is 0 Å². The van der Waals surface area contributed by atoms with E-state index in [0.29, 0.717) is 16.8 Å². The minimum atomic E-state index is -0.509. The molecule has 10 rings (SSSR count). The molecule has 0 aliphatic carbocycles. The Hall–Kier alpha value is -5.64. The minimum absolute atomic E-state index is 0.00179. The standard InChI is InChI=1S/C42H26N2S/c1-2-11-27(12-3-1)28-21-24-40-34(25-28)42-38(19-10-20-41(42)45-40)44-37-18-9-6-15-32(37)33-23-22-29(26-39(33)44)43-35-16-7-4-13-30(35)31-14-5-8-17-36(31)43/h1-26H/i1D,2D,3D,4D,5D,7D,8D,11D,12D,13D,14D,16D,17D. The van der Waals surface area contributed by atoms with Gasteiger partial charge in [-0.15, -0.1) is 11.3 Å². The molecule has 2 nitrogen and oxygen atoms in total. The summed E-state index contributed by atoms with van der Waals surface area (Å²) in [5.41, 5.74) is 3.41. The second-order valence-electron chi connectivity index (χ2n) is 10.8. The highest BCUT2D eigenvalue weighted by Crippen LogP contribution is 2.43. The van der Waals surface area contributed by atoms with Crippen molar-refractivity contribution in [1.82, 2.24) is 9.13 Å². The molecule has 0 saturated carbocycles. The fraction of sp³-hybridized carbons (Fsp3) is 0. The summed E-state index contributed by atoms with van der Waals surface area (Å²) < 4.78 is 117. The van der Waals surface area contributed by atoms with E-state index in [4.69, 9.17) is 17.8 Å². The lowest BCUT2D eigenvalue weighted by Crippen LogP contribution is -1.97. The Morgan fingerprint density at radius 1 is 0.444 bits per heavy atom. The van der Waals surface area contributed by atoms with Crippen LogP contribution in [-0.4, -0.2) is 9.13 Å². The molecule has 0 radical (unpaired) electrons. The number of fused-ring (bicyclic) bond motifs is 9. The van der Waals surface area contributed by atoms with E-state index >= 15 is 0 Å². The maximum atomic E-state index is 9.03. The monoisotopic (exact) mass is 603 g/mol. The van der Waals surface area contributed by atoms with E-state index in [1.807, 2.05) is 66.7 Å². The van der Waals surface area contributed by atoms with Crippen molar-refractivity contribution in [2.75, 3.05) is 0 Å². The number of para-hydroxylation sites is 3. The molecule has 0 spiro atoms. The Morgan fingerprint density at radius 2 is 1.18 bits per heavy atom. The highest BCUT2D eigenvalue weighted by atomic mass is 32.1. The van der Waals surface area contributed by atoms with Crippen LogP contribution in [0.1, 0.15) is 17.8 Å². The summed E-state index contributed by atoms with van der Waals surface area (Å²) in [7, 11) is 0. The average Bonchev–Trinajstić information content (AvgIpc) is 3.90. The lowest BCUT2D eigenvalue weighted by molar-refractivity contribution is 1.16. The van der Waals surface area contributed by atoms with Crippen molar-refractivity contribution < 1.29 is 17.8 Å².